The fourth-order valence-corrected chi connectivity index (χ4v) is 3.06. The summed E-state index contributed by atoms with van der Waals surface area (Å²) in [6.07, 6.45) is 8.08. The zero-order chi connectivity index (χ0) is 18.8. The molecule has 0 N–H and O–H groups in total. The Morgan fingerprint density at radius 2 is 1.71 bits per heavy atom. The summed E-state index contributed by atoms with van der Waals surface area (Å²) >= 11 is 0. The SMILES string of the molecule is CCC(C)(C)OC(=O)C1=CC(C(CC(C)(C)C)C(C)(C)C)=CCC1. The van der Waals surface area contributed by atoms with Crippen LogP contribution in [0.1, 0.15) is 88.0 Å². The highest BCUT2D eigenvalue weighted by Crippen LogP contribution is 2.42. The standard InChI is InChI=1S/C22H38O2/c1-10-22(8,9)24-19(23)17-13-11-12-16(14-17)18(21(5,6)7)15-20(2,3)4/h12,14,18H,10-11,13,15H2,1-9H3. The van der Waals surface area contributed by atoms with Gasteiger partial charge in [-0.15, -0.1) is 0 Å². The molecule has 0 aliphatic heterocycles. The number of esters is 1. The summed E-state index contributed by atoms with van der Waals surface area (Å²) in [5, 5.41) is 0. The van der Waals surface area contributed by atoms with Gasteiger partial charge in [-0.1, -0.05) is 54.5 Å². The van der Waals surface area contributed by atoms with E-state index in [0.29, 0.717) is 5.92 Å². The molecule has 0 bridgehead atoms. The molecule has 24 heavy (non-hydrogen) atoms. The molecule has 0 saturated carbocycles. The number of carbonyl (C=O) groups is 1. The maximum absolute atomic E-state index is 12.6. The predicted molar refractivity (Wildman–Crippen MR) is 103 cm³/mol. The summed E-state index contributed by atoms with van der Waals surface area (Å²) in [5.41, 5.74) is 2.18. The van der Waals surface area contributed by atoms with Crippen molar-refractivity contribution in [3.8, 4) is 0 Å². The number of hydrogen-bond acceptors (Lipinski definition) is 2. The molecule has 0 aromatic carbocycles. The second-order valence-corrected chi connectivity index (χ2v) is 10.1. The van der Waals surface area contributed by atoms with Gasteiger partial charge in [-0.3, -0.25) is 0 Å². The Bertz CT molecular complexity index is 507. The van der Waals surface area contributed by atoms with Crippen molar-refractivity contribution in [1.29, 1.82) is 0 Å². The Labute approximate surface area is 149 Å². The first-order valence-electron chi connectivity index (χ1n) is 9.39. The Balaban J connectivity index is 3.04. The van der Waals surface area contributed by atoms with Crippen LogP contribution in [0.2, 0.25) is 0 Å². The van der Waals surface area contributed by atoms with Crippen LogP contribution >= 0.6 is 0 Å². The largest absolute Gasteiger partial charge is 0.456 e. The van der Waals surface area contributed by atoms with Crippen molar-refractivity contribution < 1.29 is 9.53 Å². The molecule has 0 aromatic rings. The van der Waals surface area contributed by atoms with Crippen LogP contribution in [0.25, 0.3) is 0 Å². The molecule has 1 rings (SSSR count). The van der Waals surface area contributed by atoms with Crippen LogP contribution in [0.4, 0.5) is 0 Å². The van der Waals surface area contributed by atoms with Crippen molar-refractivity contribution in [3.05, 3.63) is 23.3 Å². The van der Waals surface area contributed by atoms with E-state index in [4.69, 9.17) is 4.74 Å². The smallest absolute Gasteiger partial charge is 0.334 e. The number of carbonyl (C=O) groups excluding carboxylic acids is 1. The van der Waals surface area contributed by atoms with E-state index in [9.17, 15) is 4.79 Å². The van der Waals surface area contributed by atoms with Crippen LogP contribution in [0.15, 0.2) is 23.3 Å². The number of ether oxygens (including phenoxy) is 1. The van der Waals surface area contributed by atoms with Gasteiger partial charge in [0.1, 0.15) is 5.60 Å². The van der Waals surface area contributed by atoms with Crippen molar-refractivity contribution >= 4 is 5.97 Å². The molecule has 0 heterocycles. The minimum atomic E-state index is -0.395. The van der Waals surface area contributed by atoms with Crippen molar-refractivity contribution in [3.63, 3.8) is 0 Å². The Hall–Kier alpha value is -1.05. The van der Waals surface area contributed by atoms with Gasteiger partial charge in [-0.05, 0) is 67.9 Å². The van der Waals surface area contributed by atoms with Gasteiger partial charge in [0.05, 0.1) is 0 Å². The van der Waals surface area contributed by atoms with Gasteiger partial charge >= 0.3 is 5.97 Å². The summed E-state index contributed by atoms with van der Waals surface area (Å²) in [5.74, 6) is 0.302. The highest BCUT2D eigenvalue weighted by atomic mass is 16.6. The first kappa shape index (κ1) is 21.0. The quantitative estimate of drug-likeness (QED) is 0.539. The van der Waals surface area contributed by atoms with Gasteiger partial charge in [0, 0.05) is 5.57 Å². The van der Waals surface area contributed by atoms with E-state index in [1.165, 1.54) is 5.57 Å². The summed E-state index contributed by atoms with van der Waals surface area (Å²) in [6.45, 7) is 19.8. The first-order chi connectivity index (χ1) is 10.7. The van der Waals surface area contributed by atoms with Crippen LogP contribution in [-0.4, -0.2) is 11.6 Å². The normalized spacial score (nSPS) is 17.9. The average Bonchev–Trinajstić information content (AvgIpc) is 2.42. The van der Waals surface area contributed by atoms with Gasteiger partial charge in [-0.2, -0.15) is 0 Å². The maximum atomic E-state index is 12.6. The summed E-state index contributed by atoms with van der Waals surface area (Å²) < 4.78 is 5.71. The van der Waals surface area contributed by atoms with Crippen molar-refractivity contribution in [1.82, 2.24) is 0 Å². The molecule has 0 spiro atoms. The number of rotatable bonds is 5. The van der Waals surface area contributed by atoms with Crippen LogP contribution in [0.5, 0.6) is 0 Å². The molecule has 0 radical (unpaired) electrons. The maximum Gasteiger partial charge on any atom is 0.334 e. The molecule has 1 aliphatic carbocycles. The summed E-state index contributed by atoms with van der Waals surface area (Å²) in [7, 11) is 0. The fourth-order valence-electron chi connectivity index (χ4n) is 3.06. The lowest BCUT2D eigenvalue weighted by Gasteiger charge is -2.37. The second-order valence-electron chi connectivity index (χ2n) is 10.1. The molecule has 1 unspecified atom stereocenters. The lowest BCUT2D eigenvalue weighted by molar-refractivity contribution is -0.151. The van der Waals surface area contributed by atoms with Crippen LogP contribution in [0, 0.1) is 16.7 Å². The Morgan fingerprint density at radius 3 is 2.17 bits per heavy atom. The summed E-state index contributed by atoms with van der Waals surface area (Å²) in [4.78, 5) is 12.6. The van der Waals surface area contributed by atoms with Crippen LogP contribution < -0.4 is 0 Å². The van der Waals surface area contributed by atoms with Gasteiger partial charge < -0.3 is 4.74 Å². The third-order valence-corrected chi connectivity index (χ3v) is 4.88. The van der Waals surface area contributed by atoms with Gasteiger partial charge in [0.25, 0.3) is 0 Å². The third-order valence-electron chi connectivity index (χ3n) is 4.88. The fraction of sp³-hybridized carbons (Fsp3) is 0.773. The highest BCUT2D eigenvalue weighted by Gasteiger charge is 2.33. The monoisotopic (exact) mass is 334 g/mol. The lowest BCUT2D eigenvalue weighted by Crippen LogP contribution is -2.30. The van der Waals surface area contributed by atoms with E-state index in [1.54, 1.807) is 0 Å². The molecule has 1 atom stereocenters. The molecule has 0 aromatic heterocycles. The van der Waals surface area contributed by atoms with Crippen molar-refractivity contribution in [2.24, 2.45) is 16.7 Å². The van der Waals surface area contributed by atoms with E-state index >= 15 is 0 Å². The lowest BCUT2D eigenvalue weighted by atomic mass is 9.67. The van der Waals surface area contributed by atoms with E-state index < -0.39 is 5.60 Å². The van der Waals surface area contributed by atoms with E-state index in [1.807, 2.05) is 20.8 Å². The zero-order valence-electron chi connectivity index (χ0n) is 17.4. The van der Waals surface area contributed by atoms with Gasteiger partial charge in [0.2, 0.25) is 0 Å². The van der Waals surface area contributed by atoms with E-state index in [0.717, 1.165) is 31.3 Å². The van der Waals surface area contributed by atoms with Crippen LogP contribution in [-0.2, 0) is 9.53 Å². The van der Waals surface area contributed by atoms with Gasteiger partial charge in [-0.25, -0.2) is 4.79 Å². The molecule has 138 valence electrons. The van der Waals surface area contributed by atoms with Crippen molar-refractivity contribution in [2.45, 2.75) is 93.6 Å². The van der Waals surface area contributed by atoms with Crippen molar-refractivity contribution in [2.75, 3.05) is 0 Å². The highest BCUT2D eigenvalue weighted by molar-refractivity contribution is 5.89. The minimum absolute atomic E-state index is 0.143. The Morgan fingerprint density at radius 1 is 1.12 bits per heavy atom. The van der Waals surface area contributed by atoms with Gasteiger partial charge in [0.15, 0.2) is 0 Å². The number of hydrogen-bond donors (Lipinski definition) is 0. The third kappa shape index (κ3) is 6.45. The predicted octanol–water partition coefficient (Wildman–Crippen LogP) is 6.46. The molecule has 0 amide bonds. The topological polar surface area (TPSA) is 26.3 Å². The molecule has 1 aliphatic rings. The molecule has 0 saturated heterocycles. The minimum Gasteiger partial charge on any atom is -0.456 e. The van der Waals surface area contributed by atoms with E-state index in [-0.39, 0.29) is 16.8 Å². The Kier molecular flexibility index (Phi) is 6.52. The van der Waals surface area contributed by atoms with Crippen LogP contribution in [0.3, 0.4) is 0 Å². The average molecular weight is 335 g/mol. The molecular formula is C22H38O2. The zero-order valence-corrected chi connectivity index (χ0v) is 17.4. The molecule has 0 fully saturated rings. The molecule has 2 heteroatoms. The molecule has 2 nitrogen and oxygen atoms in total. The first-order valence-corrected chi connectivity index (χ1v) is 9.39. The van der Waals surface area contributed by atoms with E-state index in [2.05, 4.69) is 53.7 Å². The summed E-state index contributed by atoms with van der Waals surface area (Å²) in [6, 6.07) is 0. The second kappa shape index (κ2) is 7.45. The number of allylic oxidation sites excluding steroid dienone is 3. The molecular weight excluding hydrogens is 296 g/mol.